The van der Waals surface area contributed by atoms with Crippen LogP contribution in [0.2, 0.25) is 0 Å². The number of aromatic nitrogens is 2. The Bertz CT molecular complexity index is 1190. The third-order valence-corrected chi connectivity index (χ3v) is 4.63. The fraction of sp³-hybridized carbons (Fsp3) is 0.174. The van der Waals surface area contributed by atoms with Gasteiger partial charge in [0.25, 0.3) is 5.89 Å². The highest BCUT2D eigenvalue weighted by atomic mass is 16.6. The van der Waals surface area contributed by atoms with Crippen LogP contribution in [0, 0.1) is 0 Å². The molecule has 1 aromatic heterocycles. The Hall–Kier alpha value is -3.87. The number of nitrogens with zero attached hydrogens (tertiary/aromatic N) is 2. The van der Waals surface area contributed by atoms with Crippen molar-refractivity contribution < 1.29 is 23.5 Å². The van der Waals surface area contributed by atoms with Gasteiger partial charge in [-0.05, 0) is 34.5 Å². The Morgan fingerprint density at radius 2 is 1.73 bits per heavy atom. The normalized spacial score (nSPS) is 10.7. The minimum absolute atomic E-state index is 0.0906. The predicted molar refractivity (Wildman–Crippen MR) is 110 cm³/mol. The fourth-order valence-electron chi connectivity index (χ4n) is 3.11. The van der Waals surface area contributed by atoms with E-state index in [1.807, 2.05) is 42.5 Å². The first-order chi connectivity index (χ1) is 14.7. The second-order valence-electron chi connectivity index (χ2n) is 6.60. The Balaban J connectivity index is 1.38. The third kappa shape index (κ3) is 4.25. The number of hydrogen-bond acceptors (Lipinski definition) is 7. The van der Waals surface area contributed by atoms with E-state index in [1.54, 1.807) is 32.4 Å². The average Bonchev–Trinajstić information content (AvgIpc) is 3.26. The second-order valence-corrected chi connectivity index (χ2v) is 6.60. The van der Waals surface area contributed by atoms with Gasteiger partial charge in [-0.2, -0.15) is 4.98 Å². The van der Waals surface area contributed by atoms with Crippen molar-refractivity contribution >= 4 is 16.7 Å². The fourth-order valence-corrected chi connectivity index (χ4v) is 3.11. The molecule has 0 aliphatic carbocycles. The van der Waals surface area contributed by atoms with Crippen molar-refractivity contribution in [3.05, 3.63) is 72.1 Å². The van der Waals surface area contributed by atoms with Crippen molar-refractivity contribution in [3.8, 4) is 22.9 Å². The first kappa shape index (κ1) is 19.4. The summed E-state index contributed by atoms with van der Waals surface area (Å²) in [6.45, 7) is -0.0906. The minimum Gasteiger partial charge on any atom is -0.493 e. The molecule has 0 N–H and O–H groups in total. The molecule has 30 heavy (non-hydrogen) atoms. The zero-order valence-electron chi connectivity index (χ0n) is 16.6. The van der Waals surface area contributed by atoms with Crippen LogP contribution >= 0.6 is 0 Å². The van der Waals surface area contributed by atoms with Crippen molar-refractivity contribution in [1.29, 1.82) is 0 Å². The smallest absolute Gasteiger partial charge is 0.310 e. The Labute approximate surface area is 173 Å². The maximum absolute atomic E-state index is 12.2. The van der Waals surface area contributed by atoms with Crippen molar-refractivity contribution in [3.63, 3.8) is 0 Å². The highest BCUT2D eigenvalue weighted by molar-refractivity contribution is 5.84. The van der Waals surface area contributed by atoms with E-state index in [9.17, 15) is 4.79 Å². The number of methoxy groups -OCH3 is 2. The molecule has 0 spiro atoms. The number of carbonyl (C=O) groups is 1. The van der Waals surface area contributed by atoms with E-state index in [0.29, 0.717) is 22.9 Å². The van der Waals surface area contributed by atoms with Crippen LogP contribution in [0.15, 0.2) is 65.2 Å². The molecule has 1 heterocycles. The molecule has 0 unspecified atom stereocenters. The van der Waals surface area contributed by atoms with Crippen LogP contribution in [0.3, 0.4) is 0 Å². The number of esters is 1. The SMILES string of the molecule is COc1ccc(-c2noc(COC(=O)Cc3ccc4ccccc4c3)n2)cc1OC. The van der Waals surface area contributed by atoms with E-state index in [1.165, 1.54) is 0 Å². The molecule has 0 aliphatic heterocycles. The number of fused-ring (bicyclic) bond motifs is 1. The van der Waals surface area contributed by atoms with E-state index in [-0.39, 0.29) is 24.9 Å². The van der Waals surface area contributed by atoms with E-state index in [4.69, 9.17) is 18.7 Å². The molecule has 4 aromatic rings. The Kier molecular flexibility index (Phi) is 5.61. The Morgan fingerprint density at radius 1 is 0.933 bits per heavy atom. The summed E-state index contributed by atoms with van der Waals surface area (Å²) in [6.07, 6.45) is 0.168. The highest BCUT2D eigenvalue weighted by Crippen LogP contribution is 2.31. The average molecular weight is 404 g/mol. The van der Waals surface area contributed by atoms with E-state index >= 15 is 0 Å². The van der Waals surface area contributed by atoms with Gasteiger partial charge in [-0.3, -0.25) is 4.79 Å². The first-order valence-corrected chi connectivity index (χ1v) is 9.34. The van der Waals surface area contributed by atoms with Gasteiger partial charge in [0, 0.05) is 5.56 Å². The molecule has 0 saturated heterocycles. The first-order valence-electron chi connectivity index (χ1n) is 9.34. The van der Waals surface area contributed by atoms with Gasteiger partial charge in [0.15, 0.2) is 18.1 Å². The van der Waals surface area contributed by atoms with E-state index in [2.05, 4.69) is 10.1 Å². The Morgan fingerprint density at radius 3 is 2.53 bits per heavy atom. The van der Waals surface area contributed by atoms with Crippen LogP contribution in [0.25, 0.3) is 22.2 Å². The van der Waals surface area contributed by atoms with Gasteiger partial charge >= 0.3 is 5.97 Å². The second kappa shape index (κ2) is 8.65. The summed E-state index contributed by atoms with van der Waals surface area (Å²) in [5.41, 5.74) is 1.58. The summed E-state index contributed by atoms with van der Waals surface area (Å²) in [5.74, 6) is 1.38. The number of hydrogen-bond donors (Lipinski definition) is 0. The third-order valence-electron chi connectivity index (χ3n) is 4.63. The lowest BCUT2D eigenvalue weighted by molar-refractivity contribution is -0.144. The van der Waals surface area contributed by atoms with E-state index < -0.39 is 0 Å². The molecule has 7 nitrogen and oxygen atoms in total. The summed E-state index contributed by atoms with van der Waals surface area (Å²) in [4.78, 5) is 16.5. The molecule has 0 bridgehead atoms. The van der Waals surface area contributed by atoms with Gasteiger partial charge in [0.05, 0.1) is 20.6 Å². The lowest BCUT2D eigenvalue weighted by Crippen LogP contribution is -2.08. The molecule has 3 aromatic carbocycles. The van der Waals surface area contributed by atoms with Crippen LogP contribution in [0.5, 0.6) is 11.5 Å². The molecule has 152 valence electrons. The zero-order chi connectivity index (χ0) is 20.9. The molecule has 0 saturated carbocycles. The van der Waals surface area contributed by atoms with Crippen molar-refractivity contribution in [2.24, 2.45) is 0 Å². The zero-order valence-corrected chi connectivity index (χ0v) is 16.6. The summed E-state index contributed by atoms with van der Waals surface area (Å²) in [5, 5.41) is 6.15. The molecule has 0 atom stereocenters. The van der Waals surface area contributed by atoms with Gasteiger partial charge in [-0.15, -0.1) is 0 Å². The standard InChI is InChI=1S/C23H20N2O5/c1-27-19-10-9-18(13-20(19)28-2)23-24-21(30-25-23)14-29-22(26)12-15-7-8-16-5-3-4-6-17(16)11-15/h3-11,13H,12,14H2,1-2H3. The van der Waals surface area contributed by atoms with Gasteiger partial charge < -0.3 is 18.7 Å². The molecular formula is C23H20N2O5. The van der Waals surface area contributed by atoms with Gasteiger partial charge in [-0.1, -0.05) is 47.6 Å². The van der Waals surface area contributed by atoms with Crippen molar-refractivity contribution in [2.45, 2.75) is 13.0 Å². The van der Waals surface area contributed by atoms with Gasteiger partial charge in [0.2, 0.25) is 5.82 Å². The summed E-state index contributed by atoms with van der Waals surface area (Å²) < 4.78 is 21.0. The molecule has 0 amide bonds. The molecule has 0 fully saturated rings. The van der Waals surface area contributed by atoms with Gasteiger partial charge in [-0.25, -0.2) is 0 Å². The van der Waals surface area contributed by atoms with Crippen molar-refractivity contribution in [2.75, 3.05) is 14.2 Å². The predicted octanol–water partition coefficient (Wildman–Crippen LogP) is 4.19. The molecule has 4 rings (SSSR count). The number of benzene rings is 3. The molecule has 0 radical (unpaired) electrons. The van der Waals surface area contributed by atoms with Crippen LogP contribution in [-0.4, -0.2) is 30.3 Å². The van der Waals surface area contributed by atoms with Crippen LogP contribution in [-0.2, 0) is 22.6 Å². The van der Waals surface area contributed by atoms with E-state index in [0.717, 1.165) is 16.3 Å². The molecular weight excluding hydrogens is 384 g/mol. The quantitative estimate of drug-likeness (QED) is 0.427. The lowest BCUT2D eigenvalue weighted by Gasteiger charge is -2.07. The van der Waals surface area contributed by atoms with Crippen LogP contribution in [0.1, 0.15) is 11.5 Å². The maximum atomic E-state index is 12.2. The van der Waals surface area contributed by atoms with Crippen LogP contribution in [0.4, 0.5) is 0 Å². The number of ether oxygens (including phenoxy) is 3. The van der Waals surface area contributed by atoms with Crippen LogP contribution < -0.4 is 9.47 Å². The highest BCUT2D eigenvalue weighted by Gasteiger charge is 2.14. The largest absolute Gasteiger partial charge is 0.493 e. The molecule has 7 heteroatoms. The topological polar surface area (TPSA) is 83.7 Å². The van der Waals surface area contributed by atoms with Crippen molar-refractivity contribution in [1.82, 2.24) is 10.1 Å². The summed E-state index contributed by atoms with van der Waals surface area (Å²) in [6, 6.07) is 19.2. The number of rotatable bonds is 7. The lowest BCUT2D eigenvalue weighted by atomic mass is 10.1. The maximum Gasteiger partial charge on any atom is 0.310 e. The summed E-state index contributed by atoms with van der Waals surface area (Å²) >= 11 is 0. The minimum atomic E-state index is -0.365. The van der Waals surface area contributed by atoms with Gasteiger partial charge in [0.1, 0.15) is 0 Å². The number of carbonyl (C=O) groups excluding carboxylic acids is 1. The monoisotopic (exact) mass is 404 g/mol. The summed E-state index contributed by atoms with van der Waals surface area (Å²) in [7, 11) is 3.12. The molecule has 0 aliphatic rings.